The summed E-state index contributed by atoms with van der Waals surface area (Å²) in [6.45, 7) is -0.0328. The molecular weight excluding hydrogens is 424 g/mol. The summed E-state index contributed by atoms with van der Waals surface area (Å²) in [7, 11) is -8.61. The molecule has 29 heavy (non-hydrogen) atoms. The van der Waals surface area contributed by atoms with Gasteiger partial charge in [-0.2, -0.15) is 32.2 Å². The molecule has 0 amide bonds. The van der Waals surface area contributed by atoms with Crippen molar-refractivity contribution in [3.63, 3.8) is 0 Å². The van der Waals surface area contributed by atoms with Crippen LogP contribution in [-0.4, -0.2) is 40.8 Å². The van der Waals surface area contributed by atoms with Gasteiger partial charge in [-0.15, -0.1) is 0 Å². The van der Waals surface area contributed by atoms with E-state index < -0.39 is 20.2 Å². The van der Waals surface area contributed by atoms with Gasteiger partial charge in [-0.05, 0) is 48.5 Å². The first-order valence-electron chi connectivity index (χ1n) is 7.84. The lowest BCUT2D eigenvalue weighted by Gasteiger charge is -2.04. The first kappa shape index (κ1) is 20.6. The van der Waals surface area contributed by atoms with Crippen molar-refractivity contribution in [3.8, 4) is 11.6 Å². The molecule has 0 aliphatic rings. The van der Waals surface area contributed by atoms with Crippen molar-refractivity contribution in [2.75, 3.05) is 0 Å². The highest BCUT2D eigenvalue weighted by Gasteiger charge is 2.13. The van der Waals surface area contributed by atoms with E-state index in [-0.39, 0.29) is 22.2 Å². The maximum absolute atomic E-state index is 11.1. The lowest BCUT2D eigenvalue weighted by Crippen LogP contribution is -2.00. The third kappa shape index (κ3) is 4.83. The van der Waals surface area contributed by atoms with Crippen LogP contribution in [0.2, 0.25) is 0 Å². The Morgan fingerprint density at radius 3 is 1.90 bits per heavy atom. The minimum absolute atomic E-state index is 0.0328. The molecule has 3 rings (SSSR count). The third-order valence-corrected chi connectivity index (χ3v) is 5.49. The fourth-order valence-electron chi connectivity index (χ4n) is 2.31. The number of azo groups is 1. The van der Waals surface area contributed by atoms with E-state index in [0.29, 0.717) is 16.9 Å². The van der Waals surface area contributed by atoms with Crippen molar-refractivity contribution in [2.45, 2.75) is 16.3 Å². The van der Waals surface area contributed by atoms with Crippen LogP contribution in [0.5, 0.6) is 5.88 Å². The predicted octanol–water partition coefficient (Wildman–Crippen LogP) is 2.36. The highest BCUT2D eigenvalue weighted by atomic mass is 32.2. The minimum Gasteiger partial charge on any atom is -0.493 e. The second-order valence-corrected chi connectivity index (χ2v) is 8.59. The Morgan fingerprint density at radius 1 is 0.862 bits per heavy atom. The van der Waals surface area contributed by atoms with E-state index in [1.807, 2.05) is 0 Å². The fraction of sp³-hybridized carbons (Fsp3) is 0.0625. The van der Waals surface area contributed by atoms with Gasteiger partial charge in [0.15, 0.2) is 0 Å². The van der Waals surface area contributed by atoms with Crippen molar-refractivity contribution in [3.05, 3.63) is 60.3 Å². The molecule has 152 valence electrons. The van der Waals surface area contributed by atoms with Crippen LogP contribution >= 0.6 is 0 Å². The molecule has 0 radical (unpaired) electrons. The molecule has 0 aliphatic carbocycles. The first-order valence-corrected chi connectivity index (χ1v) is 10.7. The fourth-order valence-corrected chi connectivity index (χ4v) is 3.27. The van der Waals surface area contributed by atoms with Gasteiger partial charge in [-0.25, -0.2) is 4.68 Å². The quantitative estimate of drug-likeness (QED) is 0.389. The third-order valence-electron chi connectivity index (χ3n) is 3.76. The molecule has 1 aromatic heterocycles. The van der Waals surface area contributed by atoms with Gasteiger partial charge in [0, 0.05) is 0 Å². The van der Waals surface area contributed by atoms with Crippen molar-refractivity contribution < 1.29 is 31.0 Å². The van der Waals surface area contributed by atoms with E-state index in [1.54, 1.807) is 0 Å². The highest BCUT2D eigenvalue weighted by Crippen LogP contribution is 2.24. The lowest BCUT2D eigenvalue weighted by molar-refractivity contribution is 0.428. The van der Waals surface area contributed by atoms with Crippen molar-refractivity contribution in [2.24, 2.45) is 10.2 Å². The van der Waals surface area contributed by atoms with Gasteiger partial charge >= 0.3 is 0 Å². The zero-order chi connectivity index (χ0) is 21.2. The van der Waals surface area contributed by atoms with Crippen LogP contribution < -0.4 is 0 Å². The van der Waals surface area contributed by atoms with E-state index in [2.05, 4.69) is 15.3 Å². The molecule has 11 nitrogen and oxygen atoms in total. The van der Waals surface area contributed by atoms with Crippen molar-refractivity contribution >= 4 is 25.9 Å². The Bertz CT molecular complexity index is 1260. The van der Waals surface area contributed by atoms with Gasteiger partial charge < -0.3 is 5.11 Å². The summed E-state index contributed by atoms with van der Waals surface area (Å²) in [5.41, 5.74) is 1.03. The number of hydrogen-bond acceptors (Lipinski definition) is 8. The van der Waals surface area contributed by atoms with Gasteiger partial charge in [0.2, 0.25) is 5.88 Å². The summed E-state index contributed by atoms with van der Waals surface area (Å²) < 4.78 is 63.2. The van der Waals surface area contributed by atoms with Crippen LogP contribution in [0.3, 0.4) is 0 Å². The standard InChI is InChI=1S/C16H14N4O7S2/c21-16-11(9-17-19-12-1-5-14(6-2-12)28(22,23)24)10-18-20(16)13-3-7-15(8-4-13)29(25,26)27/h1-8,10,21H,9H2,(H,22,23,24)(H,25,26,27). The molecule has 1 heterocycles. The maximum Gasteiger partial charge on any atom is 0.294 e. The maximum atomic E-state index is 11.1. The Labute approximate surface area is 165 Å². The Kier molecular flexibility index (Phi) is 5.48. The molecule has 2 aromatic carbocycles. The molecule has 13 heteroatoms. The van der Waals surface area contributed by atoms with Gasteiger partial charge in [0.05, 0.1) is 39.5 Å². The van der Waals surface area contributed by atoms with Gasteiger partial charge in [0.1, 0.15) is 0 Å². The highest BCUT2D eigenvalue weighted by molar-refractivity contribution is 7.86. The first-order chi connectivity index (χ1) is 13.6. The number of benzene rings is 2. The van der Waals surface area contributed by atoms with Crippen molar-refractivity contribution in [1.82, 2.24) is 9.78 Å². The number of hydrogen-bond donors (Lipinski definition) is 3. The number of aromatic hydroxyl groups is 1. The minimum atomic E-state index is -4.32. The number of rotatable bonds is 6. The monoisotopic (exact) mass is 438 g/mol. The molecule has 0 spiro atoms. The molecule has 0 saturated heterocycles. The normalized spacial score (nSPS) is 12.5. The molecule has 3 aromatic rings. The summed E-state index contributed by atoms with van der Waals surface area (Å²) >= 11 is 0. The van der Waals surface area contributed by atoms with E-state index in [0.717, 1.165) is 4.68 Å². The van der Waals surface area contributed by atoms with Crippen LogP contribution in [0.4, 0.5) is 5.69 Å². The zero-order valence-corrected chi connectivity index (χ0v) is 16.1. The summed E-state index contributed by atoms with van der Waals surface area (Å²) in [5.74, 6) is -0.231. The average Bonchev–Trinajstić information content (AvgIpc) is 3.01. The zero-order valence-electron chi connectivity index (χ0n) is 14.5. The summed E-state index contributed by atoms with van der Waals surface area (Å²) in [4.78, 5) is -0.558. The second kappa shape index (κ2) is 7.71. The second-order valence-electron chi connectivity index (χ2n) is 5.74. The topological polar surface area (TPSA) is 172 Å². The number of aromatic nitrogens is 2. The van der Waals surface area contributed by atoms with Gasteiger partial charge in [0.25, 0.3) is 20.2 Å². The largest absolute Gasteiger partial charge is 0.493 e. The summed E-state index contributed by atoms with van der Waals surface area (Å²) in [6, 6.07) is 10.1. The number of nitrogens with zero attached hydrogens (tertiary/aromatic N) is 4. The van der Waals surface area contributed by atoms with Gasteiger partial charge in [-0.1, -0.05) is 0 Å². The van der Waals surface area contributed by atoms with Gasteiger partial charge in [-0.3, -0.25) is 9.11 Å². The summed E-state index contributed by atoms with van der Waals surface area (Å²) in [5, 5.41) is 22.1. The molecule has 0 aliphatic heterocycles. The van der Waals surface area contributed by atoms with E-state index in [4.69, 9.17) is 9.11 Å². The van der Waals surface area contributed by atoms with Crippen LogP contribution in [0.25, 0.3) is 5.69 Å². The Morgan fingerprint density at radius 2 is 1.38 bits per heavy atom. The average molecular weight is 438 g/mol. The smallest absolute Gasteiger partial charge is 0.294 e. The summed E-state index contributed by atoms with van der Waals surface area (Å²) in [6.07, 6.45) is 1.35. The lowest BCUT2D eigenvalue weighted by atomic mass is 10.3. The Hall–Kier alpha value is -3.13. The molecular formula is C16H14N4O7S2. The predicted molar refractivity (Wildman–Crippen MR) is 99.5 cm³/mol. The molecule has 0 bridgehead atoms. The molecule has 0 fully saturated rings. The molecule has 0 saturated carbocycles. The van der Waals surface area contributed by atoms with Crippen LogP contribution in [-0.2, 0) is 26.8 Å². The molecule has 0 unspecified atom stereocenters. The van der Waals surface area contributed by atoms with E-state index >= 15 is 0 Å². The van der Waals surface area contributed by atoms with E-state index in [1.165, 1.54) is 54.7 Å². The SMILES string of the molecule is O=S(=O)(O)c1ccc(N=NCc2cnn(-c3ccc(S(=O)(=O)O)cc3)c2O)cc1. The molecule has 0 atom stereocenters. The van der Waals surface area contributed by atoms with Crippen LogP contribution in [0.1, 0.15) is 5.56 Å². The molecule has 3 N–H and O–H groups in total. The van der Waals surface area contributed by atoms with Crippen LogP contribution in [0.15, 0.2) is 74.7 Å². The van der Waals surface area contributed by atoms with Crippen LogP contribution in [0, 0.1) is 0 Å². The van der Waals surface area contributed by atoms with E-state index in [9.17, 15) is 21.9 Å². The Balaban J connectivity index is 1.74. The van der Waals surface area contributed by atoms with Crippen molar-refractivity contribution in [1.29, 1.82) is 0 Å².